The van der Waals surface area contributed by atoms with E-state index in [0.717, 1.165) is 5.69 Å². The number of hydrogen-bond donors (Lipinski definition) is 2. The molecule has 2 N–H and O–H groups in total. The van der Waals surface area contributed by atoms with Gasteiger partial charge in [0.1, 0.15) is 5.00 Å². The van der Waals surface area contributed by atoms with Crippen molar-refractivity contribution in [2.24, 2.45) is 0 Å². The molecule has 0 radical (unpaired) electrons. The summed E-state index contributed by atoms with van der Waals surface area (Å²) in [6, 6.07) is 0. The SMILES string of the molecule is C=C(CO)C(=O)Nc1scnc1C. The van der Waals surface area contributed by atoms with Gasteiger partial charge in [0.2, 0.25) is 0 Å². The second kappa shape index (κ2) is 4.15. The quantitative estimate of drug-likeness (QED) is 0.710. The molecule has 0 aromatic carbocycles. The van der Waals surface area contributed by atoms with Gasteiger partial charge in [0.25, 0.3) is 5.91 Å². The summed E-state index contributed by atoms with van der Waals surface area (Å²) in [5.41, 5.74) is 2.56. The number of aromatic nitrogens is 1. The molecule has 0 aliphatic heterocycles. The summed E-state index contributed by atoms with van der Waals surface area (Å²) in [7, 11) is 0. The first-order chi connectivity index (χ1) is 6.15. The molecular weight excluding hydrogens is 188 g/mol. The number of nitrogens with one attached hydrogen (secondary N) is 1. The summed E-state index contributed by atoms with van der Waals surface area (Å²) in [5, 5.41) is 11.9. The van der Waals surface area contributed by atoms with Gasteiger partial charge < -0.3 is 10.4 Å². The van der Waals surface area contributed by atoms with Crippen molar-refractivity contribution >= 4 is 22.2 Å². The van der Waals surface area contributed by atoms with Gasteiger partial charge in [0, 0.05) is 5.57 Å². The van der Waals surface area contributed by atoms with Crippen LogP contribution in [-0.4, -0.2) is 22.6 Å². The summed E-state index contributed by atoms with van der Waals surface area (Å²) in [4.78, 5) is 15.2. The van der Waals surface area contributed by atoms with Crippen LogP contribution in [0.2, 0.25) is 0 Å². The lowest BCUT2D eigenvalue weighted by molar-refractivity contribution is -0.113. The maximum atomic E-state index is 11.2. The van der Waals surface area contributed by atoms with E-state index >= 15 is 0 Å². The van der Waals surface area contributed by atoms with Crippen molar-refractivity contribution in [3.05, 3.63) is 23.4 Å². The van der Waals surface area contributed by atoms with E-state index in [9.17, 15) is 4.79 Å². The lowest BCUT2D eigenvalue weighted by Gasteiger charge is -2.02. The Morgan fingerprint density at radius 1 is 1.85 bits per heavy atom. The number of anilines is 1. The van der Waals surface area contributed by atoms with Crippen LogP contribution >= 0.6 is 11.3 Å². The van der Waals surface area contributed by atoms with E-state index < -0.39 is 0 Å². The van der Waals surface area contributed by atoms with Crippen molar-refractivity contribution in [1.29, 1.82) is 0 Å². The number of rotatable bonds is 3. The summed E-state index contributed by atoms with van der Waals surface area (Å²) in [6.45, 7) is 4.88. The van der Waals surface area contributed by atoms with Gasteiger partial charge in [-0.05, 0) is 6.92 Å². The van der Waals surface area contributed by atoms with Gasteiger partial charge in [-0.3, -0.25) is 4.79 Å². The smallest absolute Gasteiger partial charge is 0.253 e. The first-order valence-corrected chi connectivity index (χ1v) is 4.53. The average molecular weight is 198 g/mol. The third kappa shape index (κ3) is 2.37. The van der Waals surface area contributed by atoms with Crippen molar-refractivity contribution in [1.82, 2.24) is 4.98 Å². The molecule has 0 aliphatic rings. The third-order valence-corrected chi connectivity index (χ3v) is 2.33. The fourth-order valence-electron chi connectivity index (χ4n) is 0.685. The molecule has 5 heteroatoms. The predicted molar refractivity (Wildman–Crippen MR) is 51.7 cm³/mol. The molecule has 4 nitrogen and oxygen atoms in total. The molecule has 0 saturated heterocycles. The molecule has 0 unspecified atom stereocenters. The lowest BCUT2D eigenvalue weighted by atomic mass is 10.3. The van der Waals surface area contributed by atoms with Crippen LogP contribution in [0.25, 0.3) is 0 Å². The standard InChI is InChI=1S/C8H10N2O2S/c1-5(3-11)7(12)10-8-6(2)9-4-13-8/h4,11H,1,3H2,2H3,(H,10,12). The first-order valence-electron chi connectivity index (χ1n) is 3.65. The monoisotopic (exact) mass is 198 g/mol. The molecule has 0 bridgehead atoms. The Labute approximate surface area is 79.9 Å². The Balaban J connectivity index is 2.65. The molecule has 13 heavy (non-hydrogen) atoms. The molecular formula is C8H10N2O2S. The maximum Gasteiger partial charge on any atom is 0.253 e. The highest BCUT2D eigenvalue weighted by atomic mass is 32.1. The number of hydrogen-bond acceptors (Lipinski definition) is 4. The Morgan fingerprint density at radius 3 is 3.00 bits per heavy atom. The van der Waals surface area contributed by atoms with Gasteiger partial charge >= 0.3 is 0 Å². The Kier molecular flexibility index (Phi) is 3.16. The number of thiazole rings is 1. The molecule has 1 rings (SSSR count). The summed E-state index contributed by atoms with van der Waals surface area (Å²) in [5.74, 6) is -0.366. The zero-order valence-electron chi connectivity index (χ0n) is 7.20. The van der Waals surface area contributed by atoms with Crippen LogP contribution in [0, 0.1) is 6.92 Å². The fraction of sp³-hybridized carbons (Fsp3) is 0.250. The molecule has 70 valence electrons. The number of carbonyl (C=O) groups is 1. The van der Waals surface area contributed by atoms with Gasteiger partial charge in [-0.2, -0.15) is 0 Å². The van der Waals surface area contributed by atoms with E-state index in [1.165, 1.54) is 11.3 Å². The minimum absolute atomic E-state index is 0.146. The molecule has 1 aromatic rings. The summed E-state index contributed by atoms with van der Waals surface area (Å²) in [6.07, 6.45) is 0. The summed E-state index contributed by atoms with van der Waals surface area (Å²) < 4.78 is 0. The van der Waals surface area contributed by atoms with E-state index in [4.69, 9.17) is 5.11 Å². The number of aryl methyl sites for hydroxylation is 1. The van der Waals surface area contributed by atoms with E-state index in [1.807, 2.05) is 0 Å². The zero-order chi connectivity index (χ0) is 9.84. The molecule has 1 heterocycles. The van der Waals surface area contributed by atoms with Crippen molar-refractivity contribution < 1.29 is 9.90 Å². The topological polar surface area (TPSA) is 62.2 Å². The minimum Gasteiger partial charge on any atom is -0.391 e. The zero-order valence-corrected chi connectivity index (χ0v) is 8.02. The second-order valence-electron chi connectivity index (χ2n) is 2.48. The normalized spacial score (nSPS) is 9.69. The largest absolute Gasteiger partial charge is 0.391 e. The van der Waals surface area contributed by atoms with Crippen molar-refractivity contribution in [2.75, 3.05) is 11.9 Å². The van der Waals surface area contributed by atoms with Crippen LogP contribution in [-0.2, 0) is 4.79 Å². The van der Waals surface area contributed by atoms with Crippen LogP contribution in [0.1, 0.15) is 5.69 Å². The van der Waals surface area contributed by atoms with Gasteiger partial charge in [-0.1, -0.05) is 6.58 Å². The first kappa shape index (κ1) is 9.88. The highest BCUT2D eigenvalue weighted by Crippen LogP contribution is 2.19. The molecule has 0 saturated carbocycles. The van der Waals surface area contributed by atoms with Crippen molar-refractivity contribution in [3.8, 4) is 0 Å². The highest BCUT2D eigenvalue weighted by Gasteiger charge is 2.08. The molecule has 0 fully saturated rings. The number of aliphatic hydroxyl groups excluding tert-OH is 1. The number of amides is 1. The number of aliphatic hydroxyl groups is 1. The molecule has 0 spiro atoms. The number of nitrogens with zero attached hydrogens (tertiary/aromatic N) is 1. The Bertz CT molecular complexity index is 333. The van der Waals surface area contributed by atoms with Crippen LogP contribution in [0.5, 0.6) is 0 Å². The molecule has 1 amide bonds. The van der Waals surface area contributed by atoms with Gasteiger partial charge in [0.15, 0.2) is 0 Å². The van der Waals surface area contributed by atoms with Gasteiger partial charge in [0.05, 0.1) is 17.8 Å². The lowest BCUT2D eigenvalue weighted by Crippen LogP contribution is -2.15. The van der Waals surface area contributed by atoms with E-state index in [2.05, 4.69) is 16.9 Å². The van der Waals surface area contributed by atoms with Crippen LogP contribution < -0.4 is 5.32 Å². The van der Waals surface area contributed by atoms with Gasteiger partial charge in [-0.25, -0.2) is 4.98 Å². The fourth-order valence-corrected chi connectivity index (χ4v) is 1.38. The van der Waals surface area contributed by atoms with E-state index in [0.29, 0.717) is 5.00 Å². The maximum absolute atomic E-state index is 11.2. The van der Waals surface area contributed by atoms with E-state index in [1.54, 1.807) is 12.4 Å². The predicted octanol–water partition coefficient (Wildman–Crippen LogP) is 0.939. The average Bonchev–Trinajstić information content (AvgIpc) is 2.50. The van der Waals surface area contributed by atoms with Crippen molar-refractivity contribution in [2.45, 2.75) is 6.92 Å². The van der Waals surface area contributed by atoms with Gasteiger partial charge in [-0.15, -0.1) is 11.3 Å². The highest BCUT2D eigenvalue weighted by molar-refractivity contribution is 7.14. The molecule has 1 aromatic heterocycles. The minimum atomic E-state index is -0.366. The molecule has 0 atom stereocenters. The van der Waals surface area contributed by atoms with Crippen molar-refractivity contribution in [3.63, 3.8) is 0 Å². The molecule has 0 aliphatic carbocycles. The third-order valence-electron chi connectivity index (χ3n) is 1.48. The number of carbonyl (C=O) groups excluding carboxylic acids is 1. The summed E-state index contributed by atoms with van der Waals surface area (Å²) >= 11 is 1.34. The Morgan fingerprint density at radius 2 is 2.54 bits per heavy atom. The second-order valence-corrected chi connectivity index (χ2v) is 3.34. The van der Waals surface area contributed by atoms with Crippen LogP contribution in [0.15, 0.2) is 17.7 Å². The Hall–Kier alpha value is -1.20. The van der Waals surface area contributed by atoms with Crippen LogP contribution in [0.3, 0.4) is 0 Å². The van der Waals surface area contributed by atoms with Crippen LogP contribution in [0.4, 0.5) is 5.00 Å². The van der Waals surface area contributed by atoms with E-state index in [-0.39, 0.29) is 18.1 Å².